The summed E-state index contributed by atoms with van der Waals surface area (Å²) in [7, 11) is 1.37. The van der Waals surface area contributed by atoms with E-state index in [1.807, 2.05) is 12.1 Å². The number of hydrogen-bond donors (Lipinski definition) is 1. The van der Waals surface area contributed by atoms with Crippen LogP contribution in [0.15, 0.2) is 27.4 Å². The van der Waals surface area contributed by atoms with Crippen LogP contribution in [0.2, 0.25) is 0 Å². The molecule has 1 N–H and O–H groups in total. The van der Waals surface area contributed by atoms with Crippen molar-refractivity contribution in [1.82, 2.24) is 4.98 Å². The van der Waals surface area contributed by atoms with Crippen molar-refractivity contribution in [2.75, 3.05) is 20.3 Å². The maximum atomic E-state index is 11.5. The molecule has 0 bridgehead atoms. The molecule has 1 aliphatic heterocycles. The summed E-state index contributed by atoms with van der Waals surface area (Å²) < 4.78 is 14.9. The van der Waals surface area contributed by atoms with Crippen LogP contribution < -0.4 is 5.76 Å². The zero-order valence-corrected chi connectivity index (χ0v) is 10.4. The zero-order valence-electron chi connectivity index (χ0n) is 10.4. The van der Waals surface area contributed by atoms with E-state index in [1.165, 1.54) is 7.11 Å². The van der Waals surface area contributed by atoms with Gasteiger partial charge in [-0.2, -0.15) is 0 Å². The van der Waals surface area contributed by atoms with Crippen molar-refractivity contribution in [2.45, 2.75) is 11.8 Å². The van der Waals surface area contributed by atoms with Gasteiger partial charge < -0.3 is 13.9 Å². The Balaban J connectivity index is 2.01. The van der Waals surface area contributed by atoms with Crippen molar-refractivity contribution in [3.05, 3.63) is 34.3 Å². The number of fused-ring (bicyclic) bond motifs is 1. The van der Waals surface area contributed by atoms with Gasteiger partial charge in [-0.25, -0.2) is 4.79 Å². The minimum absolute atomic E-state index is 0.261. The quantitative estimate of drug-likeness (QED) is 0.834. The van der Waals surface area contributed by atoms with E-state index in [2.05, 4.69) is 4.98 Å². The Hall–Kier alpha value is -2.08. The summed E-state index contributed by atoms with van der Waals surface area (Å²) >= 11 is 0. The van der Waals surface area contributed by atoms with Crippen molar-refractivity contribution >= 4 is 17.1 Å². The van der Waals surface area contributed by atoms with E-state index >= 15 is 0 Å². The molecule has 1 saturated heterocycles. The topological polar surface area (TPSA) is 81.5 Å². The first-order valence-corrected chi connectivity index (χ1v) is 5.91. The Morgan fingerprint density at radius 2 is 2.26 bits per heavy atom. The summed E-state index contributed by atoms with van der Waals surface area (Å²) in [6, 6.07) is 5.40. The van der Waals surface area contributed by atoms with Gasteiger partial charge >= 0.3 is 11.7 Å². The zero-order chi connectivity index (χ0) is 13.5. The SMILES string of the molecule is COC(=O)CC1(c2ccc3oc(=O)[nH]c3c2)COC1. The van der Waals surface area contributed by atoms with Crippen LogP contribution in [0.3, 0.4) is 0 Å². The van der Waals surface area contributed by atoms with Gasteiger partial charge in [-0.1, -0.05) is 6.07 Å². The van der Waals surface area contributed by atoms with Gasteiger partial charge in [0, 0.05) is 0 Å². The highest BCUT2D eigenvalue weighted by molar-refractivity contribution is 5.75. The number of methoxy groups -OCH3 is 1. The lowest BCUT2D eigenvalue weighted by Crippen LogP contribution is -2.48. The molecule has 0 aliphatic carbocycles. The molecule has 6 heteroatoms. The number of aromatic nitrogens is 1. The van der Waals surface area contributed by atoms with Crippen LogP contribution in [0.5, 0.6) is 0 Å². The molecule has 0 radical (unpaired) electrons. The Bertz CT molecular complexity index is 680. The summed E-state index contributed by atoms with van der Waals surface area (Å²) in [5, 5.41) is 0. The summed E-state index contributed by atoms with van der Waals surface area (Å²) in [5.41, 5.74) is 1.70. The van der Waals surface area contributed by atoms with Crippen LogP contribution in [0.1, 0.15) is 12.0 Å². The molecular weight excluding hydrogens is 250 g/mol. The maximum Gasteiger partial charge on any atom is 0.417 e. The Kier molecular flexibility index (Phi) is 2.67. The van der Waals surface area contributed by atoms with Crippen LogP contribution in [-0.4, -0.2) is 31.3 Å². The number of hydrogen-bond acceptors (Lipinski definition) is 5. The van der Waals surface area contributed by atoms with Crippen LogP contribution in [0.4, 0.5) is 0 Å². The lowest BCUT2D eigenvalue weighted by molar-refractivity contribution is -0.148. The number of benzene rings is 1. The van der Waals surface area contributed by atoms with Crippen molar-refractivity contribution < 1.29 is 18.7 Å². The number of carbonyl (C=O) groups is 1. The summed E-state index contributed by atoms with van der Waals surface area (Å²) in [5.74, 6) is -0.761. The summed E-state index contributed by atoms with van der Waals surface area (Å²) in [4.78, 5) is 25.3. The van der Waals surface area contributed by atoms with Gasteiger partial charge in [0.05, 0.1) is 37.7 Å². The standard InChI is InChI=1S/C13H13NO5/c1-17-11(15)5-13(6-18-7-13)8-2-3-10-9(4-8)14-12(16)19-10/h2-4H,5-7H2,1H3,(H,14,16). The normalized spacial score (nSPS) is 17.1. The molecule has 100 valence electrons. The highest BCUT2D eigenvalue weighted by Gasteiger charge is 2.42. The Labute approximate surface area is 108 Å². The van der Waals surface area contributed by atoms with E-state index in [4.69, 9.17) is 13.9 Å². The predicted molar refractivity (Wildman–Crippen MR) is 66.0 cm³/mol. The third kappa shape index (κ3) is 1.94. The van der Waals surface area contributed by atoms with Crippen LogP contribution in [-0.2, 0) is 19.7 Å². The molecule has 1 aromatic heterocycles. The van der Waals surface area contributed by atoms with Gasteiger partial charge in [0.2, 0.25) is 0 Å². The molecule has 0 amide bonds. The number of oxazole rings is 1. The highest BCUT2D eigenvalue weighted by atomic mass is 16.5. The van der Waals surface area contributed by atoms with Gasteiger partial charge in [0.15, 0.2) is 5.58 Å². The predicted octanol–water partition coefficient (Wildman–Crippen LogP) is 0.952. The van der Waals surface area contributed by atoms with Crippen LogP contribution >= 0.6 is 0 Å². The van der Waals surface area contributed by atoms with Crippen molar-refractivity contribution in [2.24, 2.45) is 0 Å². The monoisotopic (exact) mass is 263 g/mol. The molecule has 1 aromatic carbocycles. The Morgan fingerprint density at radius 3 is 2.89 bits per heavy atom. The number of aromatic amines is 1. The van der Waals surface area contributed by atoms with E-state index in [0.29, 0.717) is 24.3 Å². The Morgan fingerprint density at radius 1 is 1.47 bits per heavy atom. The summed E-state index contributed by atoms with van der Waals surface area (Å²) in [6.45, 7) is 0.936. The number of ether oxygens (including phenoxy) is 2. The number of rotatable bonds is 3. The largest absolute Gasteiger partial charge is 0.469 e. The van der Waals surface area contributed by atoms with E-state index < -0.39 is 5.76 Å². The molecule has 19 heavy (non-hydrogen) atoms. The van der Waals surface area contributed by atoms with Crippen molar-refractivity contribution in [3.63, 3.8) is 0 Å². The third-order valence-corrected chi connectivity index (χ3v) is 3.50. The lowest BCUT2D eigenvalue weighted by Gasteiger charge is -2.41. The first kappa shape index (κ1) is 12.0. The molecule has 0 atom stereocenters. The number of carbonyl (C=O) groups excluding carboxylic acids is 1. The van der Waals surface area contributed by atoms with E-state index in [9.17, 15) is 9.59 Å². The van der Waals surface area contributed by atoms with E-state index in [-0.39, 0.29) is 17.8 Å². The number of nitrogens with one attached hydrogen (secondary N) is 1. The van der Waals surface area contributed by atoms with Crippen LogP contribution in [0.25, 0.3) is 11.1 Å². The van der Waals surface area contributed by atoms with Gasteiger partial charge in [-0.05, 0) is 17.7 Å². The third-order valence-electron chi connectivity index (χ3n) is 3.50. The molecule has 6 nitrogen and oxygen atoms in total. The molecule has 1 aliphatic rings. The molecule has 0 unspecified atom stereocenters. The van der Waals surface area contributed by atoms with Crippen LogP contribution in [0, 0.1) is 0 Å². The molecule has 0 saturated carbocycles. The fraction of sp³-hybridized carbons (Fsp3) is 0.385. The fourth-order valence-corrected chi connectivity index (χ4v) is 2.35. The first-order valence-electron chi connectivity index (χ1n) is 5.91. The average Bonchev–Trinajstić information content (AvgIpc) is 2.72. The second-order valence-electron chi connectivity index (χ2n) is 4.75. The first-order chi connectivity index (χ1) is 9.13. The molecule has 1 fully saturated rings. The number of H-pyrrole nitrogens is 1. The maximum absolute atomic E-state index is 11.5. The lowest BCUT2D eigenvalue weighted by atomic mass is 9.76. The van der Waals surface area contributed by atoms with E-state index in [0.717, 1.165) is 5.56 Å². The van der Waals surface area contributed by atoms with Gasteiger partial charge in [0.25, 0.3) is 0 Å². The molecule has 0 spiro atoms. The van der Waals surface area contributed by atoms with Gasteiger partial charge in [-0.3, -0.25) is 9.78 Å². The molecule has 3 rings (SSSR count). The van der Waals surface area contributed by atoms with Crippen molar-refractivity contribution in [1.29, 1.82) is 0 Å². The smallest absolute Gasteiger partial charge is 0.417 e. The number of esters is 1. The fourth-order valence-electron chi connectivity index (χ4n) is 2.35. The summed E-state index contributed by atoms with van der Waals surface area (Å²) in [6.07, 6.45) is 0.261. The second kappa shape index (κ2) is 4.24. The highest BCUT2D eigenvalue weighted by Crippen LogP contribution is 2.37. The molecular formula is C13H13NO5. The minimum atomic E-state index is -0.487. The minimum Gasteiger partial charge on any atom is -0.469 e. The average molecular weight is 263 g/mol. The second-order valence-corrected chi connectivity index (χ2v) is 4.75. The van der Waals surface area contributed by atoms with Crippen molar-refractivity contribution in [3.8, 4) is 0 Å². The molecule has 2 heterocycles. The van der Waals surface area contributed by atoms with E-state index in [1.54, 1.807) is 6.07 Å². The van der Waals surface area contributed by atoms with Gasteiger partial charge in [-0.15, -0.1) is 0 Å². The molecule has 2 aromatic rings. The van der Waals surface area contributed by atoms with Gasteiger partial charge in [0.1, 0.15) is 0 Å².